The van der Waals surface area contributed by atoms with Crippen LogP contribution in [0.1, 0.15) is 18.9 Å². The number of hydrogen-bond acceptors (Lipinski definition) is 4. The predicted octanol–water partition coefficient (Wildman–Crippen LogP) is 4.25. The van der Waals surface area contributed by atoms with E-state index >= 15 is 0 Å². The zero-order valence-electron chi connectivity index (χ0n) is 12.2. The van der Waals surface area contributed by atoms with Gasteiger partial charge in [-0.3, -0.25) is 0 Å². The van der Waals surface area contributed by atoms with Gasteiger partial charge in [0.25, 0.3) is 0 Å². The standard InChI is InChI=1S/C16H19BrN2O2/c1-3-8-21-14-6-4-12(9-15(14)20-2)10-18-16-7-5-13(17)11-19-16/h4-7,9,11H,3,8,10H2,1-2H3,(H,18,19). The maximum Gasteiger partial charge on any atom is 0.161 e. The third-order valence-electron chi connectivity index (χ3n) is 2.89. The molecule has 5 heteroatoms. The summed E-state index contributed by atoms with van der Waals surface area (Å²) in [5.41, 5.74) is 1.11. The second-order valence-electron chi connectivity index (χ2n) is 4.55. The maximum absolute atomic E-state index is 5.65. The van der Waals surface area contributed by atoms with Gasteiger partial charge in [0.2, 0.25) is 0 Å². The van der Waals surface area contributed by atoms with Crippen molar-refractivity contribution in [3.05, 3.63) is 46.6 Å². The van der Waals surface area contributed by atoms with Gasteiger partial charge in [-0.2, -0.15) is 0 Å². The summed E-state index contributed by atoms with van der Waals surface area (Å²) in [6.07, 6.45) is 2.74. The maximum atomic E-state index is 5.65. The number of hydrogen-bond donors (Lipinski definition) is 1. The van der Waals surface area contributed by atoms with Gasteiger partial charge in [-0.15, -0.1) is 0 Å². The fraction of sp³-hybridized carbons (Fsp3) is 0.312. The van der Waals surface area contributed by atoms with Crippen LogP contribution in [0.3, 0.4) is 0 Å². The minimum atomic E-state index is 0.680. The monoisotopic (exact) mass is 350 g/mol. The summed E-state index contributed by atoms with van der Waals surface area (Å²) in [6.45, 7) is 3.45. The zero-order chi connectivity index (χ0) is 15.1. The molecule has 1 N–H and O–H groups in total. The van der Waals surface area contributed by atoms with Crippen LogP contribution in [-0.4, -0.2) is 18.7 Å². The average Bonchev–Trinajstić information content (AvgIpc) is 2.52. The number of rotatable bonds is 7. The highest BCUT2D eigenvalue weighted by Crippen LogP contribution is 2.28. The van der Waals surface area contributed by atoms with Crippen molar-refractivity contribution < 1.29 is 9.47 Å². The first kappa shape index (κ1) is 15.6. The van der Waals surface area contributed by atoms with Crippen LogP contribution in [0.25, 0.3) is 0 Å². The lowest BCUT2D eigenvalue weighted by Crippen LogP contribution is -2.03. The Morgan fingerprint density at radius 3 is 2.71 bits per heavy atom. The number of ether oxygens (including phenoxy) is 2. The molecular formula is C16H19BrN2O2. The van der Waals surface area contributed by atoms with E-state index in [1.165, 1.54) is 0 Å². The van der Waals surface area contributed by atoms with E-state index in [0.717, 1.165) is 33.8 Å². The number of benzene rings is 1. The van der Waals surface area contributed by atoms with Gasteiger partial charge in [-0.05, 0) is 52.2 Å². The normalized spacial score (nSPS) is 10.2. The van der Waals surface area contributed by atoms with Crippen LogP contribution in [0.5, 0.6) is 11.5 Å². The molecule has 0 atom stereocenters. The lowest BCUT2D eigenvalue weighted by atomic mass is 10.2. The van der Waals surface area contributed by atoms with Gasteiger partial charge in [-0.1, -0.05) is 13.0 Å². The molecule has 0 fully saturated rings. The summed E-state index contributed by atoms with van der Waals surface area (Å²) in [7, 11) is 1.65. The summed E-state index contributed by atoms with van der Waals surface area (Å²) in [5, 5.41) is 3.27. The Kier molecular flexibility index (Phi) is 5.87. The lowest BCUT2D eigenvalue weighted by Gasteiger charge is -2.12. The van der Waals surface area contributed by atoms with E-state index in [1.807, 2.05) is 30.3 Å². The quantitative estimate of drug-likeness (QED) is 0.810. The molecule has 1 aromatic heterocycles. The zero-order valence-corrected chi connectivity index (χ0v) is 13.8. The van der Waals surface area contributed by atoms with Crippen molar-refractivity contribution >= 4 is 21.7 Å². The Labute approximate surface area is 133 Å². The fourth-order valence-corrected chi connectivity index (χ4v) is 2.06. The van der Waals surface area contributed by atoms with E-state index in [2.05, 4.69) is 33.2 Å². The van der Waals surface area contributed by atoms with Crippen LogP contribution in [-0.2, 0) is 6.54 Å². The summed E-state index contributed by atoms with van der Waals surface area (Å²) in [5.74, 6) is 2.37. The van der Waals surface area contributed by atoms with E-state index in [-0.39, 0.29) is 0 Å². The molecule has 112 valence electrons. The van der Waals surface area contributed by atoms with E-state index in [1.54, 1.807) is 13.3 Å². The Balaban J connectivity index is 2.01. The van der Waals surface area contributed by atoms with Crippen molar-refractivity contribution in [2.24, 2.45) is 0 Å². The molecule has 21 heavy (non-hydrogen) atoms. The van der Waals surface area contributed by atoms with Crippen LogP contribution in [0.15, 0.2) is 41.0 Å². The van der Waals surface area contributed by atoms with Crippen LogP contribution in [0, 0.1) is 0 Å². The van der Waals surface area contributed by atoms with Crippen molar-refractivity contribution in [3.63, 3.8) is 0 Å². The first-order chi connectivity index (χ1) is 10.2. The second-order valence-corrected chi connectivity index (χ2v) is 5.46. The first-order valence-electron chi connectivity index (χ1n) is 6.88. The van der Waals surface area contributed by atoms with Gasteiger partial charge in [0.05, 0.1) is 13.7 Å². The Hall–Kier alpha value is -1.75. The third-order valence-corrected chi connectivity index (χ3v) is 3.36. The topological polar surface area (TPSA) is 43.4 Å². The van der Waals surface area contributed by atoms with E-state index in [4.69, 9.17) is 9.47 Å². The molecule has 0 radical (unpaired) electrons. The molecular weight excluding hydrogens is 332 g/mol. The van der Waals surface area contributed by atoms with E-state index < -0.39 is 0 Å². The molecule has 0 saturated carbocycles. The number of pyridine rings is 1. The van der Waals surface area contributed by atoms with Crippen molar-refractivity contribution in [3.8, 4) is 11.5 Å². The van der Waals surface area contributed by atoms with Crippen LogP contribution in [0.2, 0.25) is 0 Å². The highest BCUT2D eigenvalue weighted by Gasteiger charge is 2.05. The van der Waals surface area contributed by atoms with Crippen LogP contribution < -0.4 is 14.8 Å². The third kappa shape index (κ3) is 4.63. The van der Waals surface area contributed by atoms with Crippen molar-refractivity contribution in [1.29, 1.82) is 0 Å². The summed E-state index contributed by atoms with van der Waals surface area (Å²) < 4.78 is 12.0. The van der Waals surface area contributed by atoms with E-state index in [0.29, 0.717) is 13.2 Å². The van der Waals surface area contributed by atoms with Crippen LogP contribution >= 0.6 is 15.9 Å². The molecule has 0 amide bonds. The first-order valence-corrected chi connectivity index (χ1v) is 7.67. The highest BCUT2D eigenvalue weighted by atomic mass is 79.9. The van der Waals surface area contributed by atoms with Gasteiger partial charge in [0.15, 0.2) is 11.5 Å². The fourth-order valence-electron chi connectivity index (χ4n) is 1.83. The van der Waals surface area contributed by atoms with Crippen molar-refractivity contribution in [2.75, 3.05) is 19.0 Å². The molecule has 0 unspecified atom stereocenters. The molecule has 0 aliphatic heterocycles. The second kappa shape index (κ2) is 7.88. The number of nitrogens with one attached hydrogen (secondary N) is 1. The minimum Gasteiger partial charge on any atom is -0.493 e. The Morgan fingerprint density at radius 2 is 2.05 bits per heavy atom. The number of nitrogens with zero attached hydrogens (tertiary/aromatic N) is 1. The average molecular weight is 351 g/mol. The molecule has 2 aromatic rings. The summed E-state index contributed by atoms with van der Waals surface area (Å²) in [4.78, 5) is 4.28. The van der Waals surface area contributed by atoms with Crippen molar-refractivity contribution in [1.82, 2.24) is 4.98 Å². The van der Waals surface area contributed by atoms with Gasteiger partial charge >= 0.3 is 0 Å². The molecule has 0 aliphatic carbocycles. The molecule has 4 nitrogen and oxygen atoms in total. The Morgan fingerprint density at radius 1 is 1.19 bits per heavy atom. The summed E-state index contributed by atoms with van der Waals surface area (Å²) in [6, 6.07) is 9.84. The molecule has 0 bridgehead atoms. The Bertz CT molecular complexity index is 573. The number of anilines is 1. The van der Waals surface area contributed by atoms with Gasteiger partial charge in [-0.25, -0.2) is 4.98 Å². The highest BCUT2D eigenvalue weighted by molar-refractivity contribution is 9.10. The van der Waals surface area contributed by atoms with Crippen LogP contribution in [0.4, 0.5) is 5.82 Å². The van der Waals surface area contributed by atoms with Gasteiger partial charge in [0.1, 0.15) is 5.82 Å². The smallest absolute Gasteiger partial charge is 0.161 e. The van der Waals surface area contributed by atoms with Crippen molar-refractivity contribution in [2.45, 2.75) is 19.9 Å². The molecule has 1 aromatic carbocycles. The lowest BCUT2D eigenvalue weighted by molar-refractivity contribution is 0.294. The predicted molar refractivity (Wildman–Crippen MR) is 88.0 cm³/mol. The van der Waals surface area contributed by atoms with E-state index in [9.17, 15) is 0 Å². The molecule has 0 spiro atoms. The molecule has 1 heterocycles. The minimum absolute atomic E-state index is 0.680. The number of halogens is 1. The number of aromatic nitrogens is 1. The SMILES string of the molecule is CCCOc1ccc(CNc2ccc(Br)cn2)cc1OC. The molecule has 0 saturated heterocycles. The van der Waals surface area contributed by atoms with Gasteiger partial charge < -0.3 is 14.8 Å². The number of methoxy groups -OCH3 is 1. The molecule has 2 rings (SSSR count). The largest absolute Gasteiger partial charge is 0.493 e. The van der Waals surface area contributed by atoms with Gasteiger partial charge in [0, 0.05) is 17.2 Å². The molecule has 0 aliphatic rings. The summed E-state index contributed by atoms with van der Waals surface area (Å²) >= 11 is 3.37.